The molecular formula is C22H20N6O4. The highest BCUT2D eigenvalue weighted by Crippen LogP contribution is 2.24. The molecule has 4 aromatic rings. The molecule has 162 valence electrons. The molecule has 4 rings (SSSR count). The number of H-pyrrole nitrogens is 1. The third-order valence-corrected chi connectivity index (χ3v) is 4.79. The fraction of sp³-hybridized carbons (Fsp3) is 0.182. The van der Waals surface area contributed by atoms with Gasteiger partial charge in [-0.05, 0) is 36.2 Å². The molecule has 0 spiro atoms. The Hall–Kier alpha value is -4.34. The molecule has 32 heavy (non-hydrogen) atoms. The van der Waals surface area contributed by atoms with Gasteiger partial charge in [0.15, 0.2) is 0 Å². The molecule has 0 saturated heterocycles. The second-order valence-electron chi connectivity index (χ2n) is 7.42. The van der Waals surface area contributed by atoms with Crippen molar-refractivity contribution >= 4 is 5.91 Å². The minimum absolute atomic E-state index is 0.0408. The van der Waals surface area contributed by atoms with Crippen molar-refractivity contribution in [2.45, 2.75) is 19.9 Å². The van der Waals surface area contributed by atoms with Gasteiger partial charge in [-0.2, -0.15) is 4.98 Å². The summed E-state index contributed by atoms with van der Waals surface area (Å²) in [5, 5.41) is 9.36. The van der Waals surface area contributed by atoms with Crippen LogP contribution in [0.25, 0.3) is 17.1 Å². The second-order valence-corrected chi connectivity index (χ2v) is 7.42. The quantitative estimate of drug-likeness (QED) is 0.476. The number of pyridine rings is 1. The predicted molar refractivity (Wildman–Crippen MR) is 115 cm³/mol. The molecule has 0 radical (unpaired) electrons. The van der Waals surface area contributed by atoms with Crippen molar-refractivity contribution in [2.24, 2.45) is 5.92 Å². The summed E-state index contributed by atoms with van der Waals surface area (Å²) in [5.74, 6) is 0.248. The van der Waals surface area contributed by atoms with Gasteiger partial charge in [0.25, 0.3) is 17.0 Å². The molecule has 10 heteroatoms. The highest BCUT2D eigenvalue weighted by Gasteiger charge is 2.25. The van der Waals surface area contributed by atoms with Crippen LogP contribution in [0.4, 0.5) is 0 Å². The highest BCUT2D eigenvalue weighted by molar-refractivity contribution is 5.95. The number of carbonyl (C=O) groups is 1. The number of hydrogen-bond acceptors (Lipinski definition) is 7. The SMILES string of the molecule is CC(C)C(NC(=O)c1cccc(-n2[nH]c(=O)ccc2=O)c1)c1nc(-c2ccncc2)no1. The van der Waals surface area contributed by atoms with E-state index in [1.165, 1.54) is 6.07 Å². The summed E-state index contributed by atoms with van der Waals surface area (Å²) in [6.45, 7) is 3.85. The molecule has 1 aromatic carbocycles. The molecule has 1 unspecified atom stereocenters. The lowest BCUT2D eigenvalue weighted by Crippen LogP contribution is -2.32. The number of aromatic nitrogens is 5. The van der Waals surface area contributed by atoms with E-state index in [2.05, 4.69) is 25.5 Å². The number of nitrogens with one attached hydrogen (secondary N) is 2. The maximum Gasteiger partial charge on any atom is 0.269 e. The van der Waals surface area contributed by atoms with Gasteiger partial charge in [-0.1, -0.05) is 25.1 Å². The standard InChI is InChI=1S/C22H20N6O4/c1-13(2)19(22-25-20(27-32-22)14-8-10-23-11-9-14)24-21(31)15-4-3-5-16(12-15)28-18(30)7-6-17(29)26-28/h3-13,19H,1-2H3,(H,24,31)(H,26,29). The summed E-state index contributed by atoms with van der Waals surface area (Å²) in [6, 6.07) is 11.7. The van der Waals surface area contributed by atoms with Gasteiger partial charge in [0.05, 0.1) is 5.69 Å². The van der Waals surface area contributed by atoms with E-state index in [1.807, 2.05) is 13.8 Å². The summed E-state index contributed by atoms with van der Waals surface area (Å²) in [6.07, 6.45) is 3.26. The molecular weight excluding hydrogens is 412 g/mol. The number of aromatic amines is 1. The normalized spacial score (nSPS) is 12.0. The van der Waals surface area contributed by atoms with E-state index in [0.717, 1.165) is 22.4 Å². The van der Waals surface area contributed by atoms with Gasteiger partial charge in [0.1, 0.15) is 6.04 Å². The molecule has 0 aliphatic heterocycles. The smallest absolute Gasteiger partial charge is 0.269 e. The van der Waals surface area contributed by atoms with Crippen molar-refractivity contribution < 1.29 is 9.32 Å². The monoisotopic (exact) mass is 432 g/mol. The largest absolute Gasteiger partial charge is 0.340 e. The lowest BCUT2D eigenvalue weighted by Gasteiger charge is -2.18. The van der Waals surface area contributed by atoms with Crippen LogP contribution in [0, 0.1) is 5.92 Å². The minimum Gasteiger partial charge on any atom is -0.340 e. The summed E-state index contributed by atoms with van der Waals surface area (Å²) in [4.78, 5) is 45.1. The minimum atomic E-state index is -0.534. The van der Waals surface area contributed by atoms with Gasteiger partial charge in [-0.15, -0.1) is 0 Å². The molecule has 0 saturated carbocycles. The van der Waals surface area contributed by atoms with E-state index in [-0.39, 0.29) is 17.7 Å². The first kappa shape index (κ1) is 20.9. The van der Waals surface area contributed by atoms with Crippen molar-refractivity contribution in [3.05, 3.63) is 93.1 Å². The zero-order chi connectivity index (χ0) is 22.7. The van der Waals surface area contributed by atoms with E-state index in [4.69, 9.17) is 4.52 Å². The number of benzene rings is 1. The Labute approximate surface area is 181 Å². The van der Waals surface area contributed by atoms with E-state index in [0.29, 0.717) is 17.1 Å². The molecule has 10 nitrogen and oxygen atoms in total. The Morgan fingerprint density at radius 2 is 1.88 bits per heavy atom. The summed E-state index contributed by atoms with van der Waals surface area (Å²) in [7, 11) is 0. The summed E-state index contributed by atoms with van der Waals surface area (Å²) < 4.78 is 6.50. The Balaban J connectivity index is 1.59. The van der Waals surface area contributed by atoms with Gasteiger partial charge in [0, 0.05) is 35.7 Å². The van der Waals surface area contributed by atoms with Gasteiger partial charge < -0.3 is 9.84 Å². The molecule has 3 heterocycles. The number of amides is 1. The van der Waals surface area contributed by atoms with Crippen molar-refractivity contribution in [3.63, 3.8) is 0 Å². The van der Waals surface area contributed by atoms with Gasteiger partial charge in [-0.25, -0.2) is 4.68 Å². The average molecular weight is 432 g/mol. The zero-order valence-corrected chi connectivity index (χ0v) is 17.4. The van der Waals surface area contributed by atoms with Crippen LogP contribution in [-0.2, 0) is 0 Å². The van der Waals surface area contributed by atoms with Crippen LogP contribution >= 0.6 is 0 Å². The van der Waals surface area contributed by atoms with E-state index in [9.17, 15) is 14.4 Å². The zero-order valence-electron chi connectivity index (χ0n) is 17.4. The Kier molecular flexibility index (Phi) is 5.75. The van der Waals surface area contributed by atoms with Gasteiger partial charge in [0.2, 0.25) is 11.7 Å². The third kappa shape index (κ3) is 4.38. The summed E-state index contributed by atoms with van der Waals surface area (Å²) >= 11 is 0. The van der Waals surface area contributed by atoms with Crippen molar-refractivity contribution in [3.8, 4) is 17.1 Å². The first-order valence-corrected chi connectivity index (χ1v) is 9.90. The molecule has 0 aliphatic carbocycles. The molecule has 1 amide bonds. The van der Waals surface area contributed by atoms with E-state index >= 15 is 0 Å². The van der Waals surface area contributed by atoms with E-state index < -0.39 is 17.2 Å². The molecule has 0 bridgehead atoms. The Morgan fingerprint density at radius 3 is 2.62 bits per heavy atom. The first-order valence-electron chi connectivity index (χ1n) is 9.90. The van der Waals surface area contributed by atoms with Crippen LogP contribution < -0.4 is 16.4 Å². The van der Waals surface area contributed by atoms with Gasteiger partial charge >= 0.3 is 0 Å². The highest BCUT2D eigenvalue weighted by atomic mass is 16.5. The number of hydrogen-bond donors (Lipinski definition) is 2. The molecule has 0 fully saturated rings. The first-order chi connectivity index (χ1) is 15.4. The van der Waals surface area contributed by atoms with Crippen molar-refractivity contribution in [1.29, 1.82) is 0 Å². The molecule has 1 atom stereocenters. The molecule has 2 N–H and O–H groups in total. The van der Waals surface area contributed by atoms with E-state index in [1.54, 1.807) is 42.7 Å². The van der Waals surface area contributed by atoms with Crippen LogP contribution in [0.15, 0.2) is 75.0 Å². The fourth-order valence-corrected chi connectivity index (χ4v) is 3.12. The predicted octanol–water partition coefficient (Wildman–Crippen LogP) is 2.10. The lowest BCUT2D eigenvalue weighted by molar-refractivity contribution is 0.0914. The number of carbonyl (C=O) groups excluding carboxylic acids is 1. The van der Waals surface area contributed by atoms with Crippen LogP contribution in [0.5, 0.6) is 0 Å². The second kappa shape index (κ2) is 8.80. The van der Waals surface area contributed by atoms with Crippen LogP contribution in [0.2, 0.25) is 0 Å². The maximum absolute atomic E-state index is 13.0. The Morgan fingerprint density at radius 1 is 1.09 bits per heavy atom. The Bertz CT molecular complexity index is 1360. The number of rotatable bonds is 6. The number of nitrogens with zero attached hydrogens (tertiary/aromatic N) is 4. The summed E-state index contributed by atoms with van der Waals surface area (Å²) in [5.41, 5.74) is 0.564. The van der Waals surface area contributed by atoms with Gasteiger partial charge in [-0.3, -0.25) is 24.5 Å². The van der Waals surface area contributed by atoms with Crippen LogP contribution in [0.3, 0.4) is 0 Å². The lowest BCUT2D eigenvalue weighted by atomic mass is 10.0. The third-order valence-electron chi connectivity index (χ3n) is 4.79. The fourth-order valence-electron chi connectivity index (χ4n) is 3.12. The van der Waals surface area contributed by atoms with Crippen molar-refractivity contribution in [2.75, 3.05) is 0 Å². The average Bonchev–Trinajstić information content (AvgIpc) is 3.29. The molecule has 3 aromatic heterocycles. The van der Waals surface area contributed by atoms with Crippen molar-refractivity contribution in [1.82, 2.24) is 30.2 Å². The maximum atomic E-state index is 13.0. The topological polar surface area (TPSA) is 136 Å². The van der Waals surface area contributed by atoms with Crippen LogP contribution in [-0.4, -0.2) is 30.8 Å². The molecule has 0 aliphatic rings. The van der Waals surface area contributed by atoms with Crippen LogP contribution in [0.1, 0.15) is 36.1 Å².